The summed E-state index contributed by atoms with van der Waals surface area (Å²) in [5.41, 5.74) is 0. The minimum absolute atomic E-state index is 0.836. The predicted molar refractivity (Wildman–Crippen MR) is 75.0 cm³/mol. The van der Waals surface area contributed by atoms with Gasteiger partial charge in [-0.2, -0.15) is 0 Å². The summed E-state index contributed by atoms with van der Waals surface area (Å²) in [6, 6.07) is 0. The molecule has 96 valence electrons. The second-order valence-electron chi connectivity index (χ2n) is 6.02. The van der Waals surface area contributed by atoms with E-state index in [0.717, 1.165) is 17.8 Å². The van der Waals surface area contributed by atoms with E-state index < -0.39 is 0 Å². The third-order valence-electron chi connectivity index (χ3n) is 4.47. The van der Waals surface area contributed by atoms with E-state index in [-0.39, 0.29) is 0 Å². The third kappa shape index (κ3) is 3.70. The van der Waals surface area contributed by atoms with Crippen molar-refractivity contribution in [3.05, 3.63) is 24.8 Å². The molecule has 1 nitrogen and oxygen atoms in total. The Morgan fingerprint density at radius 3 is 2.65 bits per heavy atom. The van der Waals surface area contributed by atoms with Gasteiger partial charge in [0.1, 0.15) is 0 Å². The van der Waals surface area contributed by atoms with Gasteiger partial charge in [-0.15, -0.1) is 0 Å². The van der Waals surface area contributed by atoms with Gasteiger partial charge < -0.3 is 4.90 Å². The highest BCUT2D eigenvalue weighted by Gasteiger charge is 2.35. The van der Waals surface area contributed by atoms with Gasteiger partial charge >= 0.3 is 0 Å². The summed E-state index contributed by atoms with van der Waals surface area (Å²) in [5, 5.41) is 0. The van der Waals surface area contributed by atoms with Crippen LogP contribution in [0, 0.1) is 17.8 Å². The van der Waals surface area contributed by atoms with E-state index in [2.05, 4.69) is 30.6 Å². The molecular weight excluding hydrogens is 206 g/mol. The maximum atomic E-state index is 3.70. The number of hydrogen-bond donors (Lipinski definition) is 0. The van der Waals surface area contributed by atoms with Crippen molar-refractivity contribution in [3.8, 4) is 0 Å². The maximum absolute atomic E-state index is 3.70. The first-order chi connectivity index (χ1) is 8.29. The average molecular weight is 233 g/mol. The molecule has 17 heavy (non-hydrogen) atoms. The smallest absolute Gasteiger partial charge is 0.00130 e. The highest BCUT2D eigenvalue weighted by molar-refractivity contribution is 4.97. The van der Waals surface area contributed by atoms with E-state index in [4.69, 9.17) is 0 Å². The van der Waals surface area contributed by atoms with Crippen LogP contribution in [0.3, 0.4) is 0 Å². The number of allylic oxidation sites excluding steroid dienone is 3. The van der Waals surface area contributed by atoms with Crippen molar-refractivity contribution in [3.63, 3.8) is 0 Å². The van der Waals surface area contributed by atoms with Crippen molar-refractivity contribution in [1.82, 2.24) is 4.90 Å². The molecule has 2 rings (SSSR count). The van der Waals surface area contributed by atoms with Crippen LogP contribution in [-0.4, -0.2) is 24.5 Å². The molecule has 3 atom stereocenters. The number of rotatable bonds is 6. The Morgan fingerprint density at radius 1 is 1.29 bits per heavy atom. The van der Waals surface area contributed by atoms with E-state index in [1.54, 1.807) is 0 Å². The van der Waals surface area contributed by atoms with Crippen LogP contribution >= 0.6 is 0 Å². The maximum Gasteiger partial charge on any atom is 0.00130 e. The number of nitrogens with zero attached hydrogens (tertiary/aromatic N) is 1. The van der Waals surface area contributed by atoms with Crippen molar-refractivity contribution in [2.75, 3.05) is 19.6 Å². The molecular formula is C16H27N. The summed E-state index contributed by atoms with van der Waals surface area (Å²) < 4.78 is 0. The van der Waals surface area contributed by atoms with Crippen LogP contribution in [0.25, 0.3) is 0 Å². The van der Waals surface area contributed by atoms with E-state index in [1.165, 1.54) is 51.7 Å². The molecule has 0 amide bonds. The molecule has 2 fully saturated rings. The van der Waals surface area contributed by atoms with Crippen LogP contribution in [0.1, 0.15) is 39.0 Å². The summed E-state index contributed by atoms with van der Waals surface area (Å²) in [4.78, 5) is 2.72. The third-order valence-corrected chi connectivity index (χ3v) is 4.47. The number of fused-ring (bicyclic) bond motifs is 1. The van der Waals surface area contributed by atoms with E-state index in [1.807, 2.05) is 6.08 Å². The standard InChI is InChI=1S/C16H27N/c1-3-4-5-6-8-14(2)11-17-12-15-9-7-10-16(15)13-17/h3-5,14-16H,1,6-13H2,2H3/b5-4-. The Kier molecular flexibility index (Phi) is 4.85. The predicted octanol–water partition coefficient (Wildman–Crippen LogP) is 3.88. The van der Waals surface area contributed by atoms with Crippen LogP contribution in [0.4, 0.5) is 0 Å². The summed E-state index contributed by atoms with van der Waals surface area (Å²) >= 11 is 0. The quantitative estimate of drug-likeness (QED) is 0.629. The minimum Gasteiger partial charge on any atom is -0.302 e. The Bertz CT molecular complexity index is 257. The second-order valence-corrected chi connectivity index (χ2v) is 6.02. The summed E-state index contributed by atoms with van der Waals surface area (Å²) in [5.74, 6) is 2.93. The van der Waals surface area contributed by atoms with Crippen LogP contribution in [-0.2, 0) is 0 Å². The van der Waals surface area contributed by atoms with Gasteiger partial charge in [0.2, 0.25) is 0 Å². The van der Waals surface area contributed by atoms with Crippen LogP contribution in [0.2, 0.25) is 0 Å². The molecule has 1 aliphatic heterocycles. The molecule has 0 radical (unpaired) electrons. The van der Waals surface area contributed by atoms with Gasteiger partial charge in [0, 0.05) is 19.6 Å². The lowest BCUT2D eigenvalue weighted by atomic mass is 10.0. The van der Waals surface area contributed by atoms with Gasteiger partial charge in [-0.25, -0.2) is 0 Å². The first-order valence-corrected chi connectivity index (χ1v) is 7.29. The SMILES string of the molecule is C=C/C=C\CCC(C)CN1CC2CCCC2C1. The topological polar surface area (TPSA) is 3.24 Å². The van der Waals surface area contributed by atoms with E-state index >= 15 is 0 Å². The fraction of sp³-hybridized carbons (Fsp3) is 0.750. The van der Waals surface area contributed by atoms with Crippen molar-refractivity contribution < 1.29 is 0 Å². The highest BCUT2D eigenvalue weighted by atomic mass is 15.2. The summed E-state index contributed by atoms with van der Waals surface area (Å²) in [6.45, 7) is 10.2. The molecule has 1 saturated carbocycles. The molecule has 0 spiro atoms. The molecule has 2 aliphatic rings. The molecule has 0 N–H and O–H groups in total. The van der Waals surface area contributed by atoms with Crippen LogP contribution < -0.4 is 0 Å². The first-order valence-electron chi connectivity index (χ1n) is 7.29. The van der Waals surface area contributed by atoms with Crippen molar-refractivity contribution >= 4 is 0 Å². The monoisotopic (exact) mass is 233 g/mol. The van der Waals surface area contributed by atoms with E-state index in [0.29, 0.717) is 0 Å². The normalized spacial score (nSPS) is 30.9. The molecule has 1 aliphatic carbocycles. The van der Waals surface area contributed by atoms with Crippen molar-refractivity contribution in [1.29, 1.82) is 0 Å². The minimum atomic E-state index is 0.836. The lowest BCUT2D eigenvalue weighted by Gasteiger charge is -2.21. The lowest BCUT2D eigenvalue weighted by Crippen LogP contribution is -2.27. The number of hydrogen-bond acceptors (Lipinski definition) is 1. The zero-order valence-electron chi connectivity index (χ0n) is 11.3. The van der Waals surface area contributed by atoms with Gasteiger partial charge in [0.25, 0.3) is 0 Å². The Balaban J connectivity index is 1.64. The van der Waals surface area contributed by atoms with Gasteiger partial charge in [-0.1, -0.05) is 38.2 Å². The Labute approximate surface area is 107 Å². The molecule has 0 aromatic heterocycles. The largest absolute Gasteiger partial charge is 0.302 e. The fourth-order valence-electron chi connectivity index (χ4n) is 3.59. The zero-order valence-corrected chi connectivity index (χ0v) is 11.3. The lowest BCUT2D eigenvalue weighted by molar-refractivity contribution is 0.262. The molecule has 0 aromatic rings. The summed E-state index contributed by atoms with van der Waals surface area (Å²) in [6.07, 6.45) is 13.2. The fourth-order valence-corrected chi connectivity index (χ4v) is 3.59. The van der Waals surface area contributed by atoms with Crippen LogP contribution in [0.5, 0.6) is 0 Å². The van der Waals surface area contributed by atoms with Gasteiger partial charge in [-0.05, 0) is 43.4 Å². The molecule has 1 heteroatoms. The molecule has 3 unspecified atom stereocenters. The molecule has 1 saturated heterocycles. The zero-order chi connectivity index (χ0) is 12.1. The van der Waals surface area contributed by atoms with Crippen molar-refractivity contribution in [2.45, 2.75) is 39.0 Å². The van der Waals surface area contributed by atoms with Crippen molar-refractivity contribution in [2.24, 2.45) is 17.8 Å². The average Bonchev–Trinajstić information content (AvgIpc) is 2.84. The molecule has 1 heterocycles. The Morgan fingerprint density at radius 2 is 2.00 bits per heavy atom. The Hall–Kier alpha value is -0.560. The molecule has 0 aromatic carbocycles. The first kappa shape index (κ1) is 12.9. The van der Waals surface area contributed by atoms with Gasteiger partial charge in [-0.3, -0.25) is 0 Å². The second kappa shape index (κ2) is 6.39. The van der Waals surface area contributed by atoms with Gasteiger partial charge in [0.05, 0.1) is 0 Å². The number of likely N-dealkylation sites (tertiary alicyclic amines) is 1. The van der Waals surface area contributed by atoms with E-state index in [9.17, 15) is 0 Å². The summed E-state index contributed by atoms with van der Waals surface area (Å²) in [7, 11) is 0. The highest BCUT2D eigenvalue weighted by Crippen LogP contribution is 2.37. The van der Waals surface area contributed by atoms with Crippen LogP contribution in [0.15, 0.2) is 24.8 Å². The molecule has 0 bridgehead atoms. The van der Waals surface area contributed by atoms with Gasteiger partial charge in [0.15, 0.2) is 0 Å².